The fourth-order valence-corrected chi connectivity index (χ4v) is 3.58. The van der Waals surface area contributed by atoms with Gasteiger partial charge in [-0.25, -0.2) is 0 Å². The van der Waals surface area contributed by atoms with Crippen LogP contribution in [-0.2, 0) is 19.9 Å². The van der Waals surface area contributed by atoms with Gasteiger partial charge in [0.05, 0.1) is 15.9 Å². The lowest BCUT2D eigenvalue weighted by molar-refractivity contribution is 0.560. The van der Waals surface area contributed by atoms with Gasteiger partial charge in [-0.1, -0.05) is 36.7 Å². The number of halogens is 2. The first kappa shape index (κ1) is 16.5. The number of rotatable bonds is 5. The van der Waals surface area contributed by atoms with Crippen LogP contribution in [0.3, 0.4) is 0 Å². The number of aryl methyl sites for hydroxylation is 3. The van der Waals surface area contributed by atoms with E-state index in [0.29, 0.717) is 0 Å². The maximum absolute atomic E-state index is 6.47. The molecule has 0 saturated heterocycles. The van der Waals surface area contributed by atoms with E-state index in [4.69, 9.17) is 11.6 Å². The normalized spacial score (nSPS) is 12.7. The highest BCUT2D eigenvalue weighted by Gasteiger charge is 2.20. The van der Waals surface area contributed by atoms with Gasteiger partial charge in [0, 0.05) is 24.5 Å². The summed E-state index contributed by atoms with van der Waals surface area (Å²) in [4.78, 5) is 0. The summed E-state index contributed by atoms with van der Waals surface area (Å²) < 4.78 is 3.06. The van der Waals surface area contributed by atoms with Crippen molar-refractivity contribution in [2.24, 2.45) is 7.05 Å². The van der Waals surface area contributed by atoms with Crippen LogP contribution in [0.5, 0.6) is 0 Å². The van der Waals surface area contributed by atoms with Crippen molar-refractivity contribution < 1.29 is 0 Å². The summed E-state index contributed by atoms with van der Waals surface area (Å²) in [5.74, 6) is 0. The molecule has 1 aromatic heterocycles. The minimum absolute atomic E-state index is 0.161. The number of aromatic nitrogens is 2. The van der Waals surface area contributed by atoms with Crippen LogP contribution in [0, 0.1) is 6.92 Å². The monoisotopic (exact) mass is 369 g/mol. The summed E-state index contributed by atoms with van der Waals surface area (Å²) in [6.45, 7) is 4.15. The predicted octanol–water partition coefficient (Wildman–Crippen LogP) is 4.21. The first-order chi connectivity index (χ1) is 9.99. The molecule has 21 heavy (non-hydrogen) atoms. The summed E-state index contributed by atoms with van der Waals surface area (Å²) in [6, 6.07) is 6.33. The highest BCUT2D eigenvalue weighted by Crippen LogP contribution is 2.31. The molecule has 1 unspecified atom stereocenters. The van der Waals surface area contributed by atoms with Crippen molar-refractivity contribution >= 4 is 27.5 Å². The summed E-state index contributed by atoms with van der Waals surface area (Å²) in [5, 5.41) is 8.77. The van der Waals surface area contributed by atoms with E-state index in [9.17, 15) is 0 Å². The molecule has 2 aromatic rings. The van der Waals surface area contributed by atoms with Gasteiger partial charge in [0.1, 0.15) is 0 Å². The predicted molar refractivity (Wildman–Crippen MR) is 92.0 cm³/mol. The number of hydrogen-bond donors (Lipinski definition) is 1. The third-order valence-corrected chi connectivity index (χ3v) is 5.28. The Bertz CT molecular complexity index is 637. The third-order valence-electron chi connectivity index (χ3n) is 3.85. The van der Waals surface area contributed by atoms with E-state index in [1.54, 1.807) is 0 Å². The summed E-state index contributed by atoms with van der Waals surface area (Å²) >= 11 is 10.2. The maximum atomic E-state index is 6.47. The zero-order valence-corrected chi connectivity index (χ0v) is 15.2. The Labute approximate surface area is 139 Å². The third kappa shape index (κ3) is 3.33. The minimum Gasteiger partial charge on any atom is -0.313 e. The topological polar surface area (TPSA) is 29.9 Å². The average molecular weight is 371 g/mol. The molecule has 1 heterocycles. The lowest BCUT2D eigenvalue weighted by Gasteiger charge is -2.19. The van der Waals surface area contributed by atoms with Crippen LogP contribution in [0.1, 0.15) is 35.5 Å². The molecule has 0 radical (unpaired) electrons. The van der Waals surface area contributed by atoms with Crippen LogP contribution in [0.15, 0.2) is 22.7 Å². The summed E-state index contributed by atoms with van der Waals surface area (Å²) in [6.07, 6.45) is 1.76. The van der Waals surface area contributed by atoms with E-state index in [1.807, 2.05) is 31.8 Å². The molecule has 0 amide bonds. The molecule has 2 rings (SSSR count). The Morgan fingerprint density at radius 3 is 2.71 bits per heavy atom. The number of benzene rings is 1. The molecular weight excluding hydrogens is 350 g/mol. The Morgan fingerprint density at radius 1 is 1.43 bits per heavy atom. The second kappa shape index (κ2) is 6.95. The van der Waals surface area contributed by atoms with Crippen molar-refractivity contribution in [2.75, 3.05) is 7.05 Å². The van der Waals surface area contributed by atoms with Crippen molar-refractivity contribution in [3.63, 3.8) is 0 Å². The molecule has 1 aromatic carbocycles. The van der Waals surface area contributed by atoms with Crippen LogP contribution in [0.25, 0.3) is 0 Å². The molecule has 1 atom stereocenters. The van der Waals surface area contributed by atoms with Gasteiger partial charge in [-0.15, -0.1) is 0 Å². The van der Waals surface area contributed by atoms with Crippen molar-refractivity contribution in [3.8, 4) is 0 Å². The quantitative estimate of drug-likeness (QED) is 0.854. The SMILES string of the molecule is CCc1nn(C)c(CC(NC)c2cccc(C)c2Cl)c1Br. The van der Waals surface area contributed by atoms with Gasteiger partial charge >= 0.3 is 0 Å². The van der Waals surface area contributed by atoms with Gasteiger partial charge in [-0.3, -0.25) is 4.68 Å². The number of nitrogens with zero attached hydrogens (tertiary/aromatic N) is 2. The molecule has 1 N–H and O–H groups in total. The fraction of sp³-hybridized carbons (Fsp3) is 0.438. The number of hydrogen-bond acceptors (Lipinski definition) is 2. The van der Waals surface area contributed by atoms with Crippen molar-refractivity contribution in [1.29, 1.82) is 0 Å². The molecule has 5 heteroatoms. The zero-order valence-electron chi connectivity index (χ0n) is 12.9. The molecule has 0 fully saturated rings. The largest absolute Gasteiger partial charge is 0.313 e. The van der Waals surface area contributed by atoms with E-state index in [-0.39, 0.29) is 6.04 Å². The van der Waals surface area contributed by atoms with Crippen molar-refractivity contribution in [1.82, 2.24) is 15.1 Å². The van der Waals surface area contributed by atoms with E-state index in [0.717, 1.165) is 39.2 Å². The molecule has 0 aliphatic heterocycles. The number of likely N-dealkylation sites (N-methyl/N-ethyl adjacent to an activating group) is 1. The second-order valence-corrected chi connectivity index (χ2v) is 6.38. The Balaban J connectivity index is 2.36. The van der Waals surface area contributed by atoms with E-state index < -0.39 is 0 Å². The first-order valence-electron chi connectivity index (χ1n) is 7.12. The van der Waals surface area contributed by atoms with E-state index in [2.05, 4.69) is 45.4 Å². The molecule has 0 spiro atoms. The summed E-state index contributed by atoms with van der Waals surface area (Å²) in [7, 11) is 3.96. The average Bonchev–Trinajstić information content (AvgIpc) is 2.74. The molecule has 3 nitrogen and oxygen atoms in total. The summed E-state index contributed by atoms with van der Waals surface area (Å²) in [5.41, 5.74) is 4.51. The van der Waals surface area contributed by atoms with Crippen molar-refractivity contribution in [3.05, 3.63) is 50.2 Å². The Hall–Kier alpha value is -0.840. The highest BCUT2D eigenvalue weighted by atomic mass is 79.9. The van der Waals surface area contributed by atoms with Gasteiger partial charge in [-0.2, -0.15) is 5.10 Å². The lowest BCUT2D eigenvalue weighted by atomic mass is 10.00. The van der Waals surface area contributed by atoms with Crippen LogP contribution < -0.4 is 5.32 Å². The molecule has 0 saturated carbocycles. The van der Waals surface area contributed by atoms with Gasteiger partial charge in [0.2, 0.25) is 0 Å². The maximum Gasteiger partial charge on any atom is 0.0766 e. The molecule has 0 bridgehead atoms. The molecular formula is C16H21BrClN3. The minimum atomic E-state index is 0.161. The Morgan fingerprint density at radius 2 is 2.14 bits per heavy atom. The van der Waals surface area contributed by atoms with Gasteiger partial charge in [-0.05, 0) is 47.4 Å². The lowest BCUT2D eigenvalue weighted by Crippen LogP contribution is -2.21. The van der Waals surface area contributed by atoms with Crippen LogP contribution in [0.2, 0.25) is 5.02 Å². The fourth-order valence-electron chi connectivity index (χ4n) is 2.54. The highest BCUT2D eigenvalue weighted by molar-refractivity contribution is 9.10. The van der Waals surface area contributed by atoms with E-state index >= 15 is 0 Å². The smallest absolute Gasteiger partial charge is 0.0766 e. The van der Waals surface area contributed by atoms with Gasteiger partial charge in [0.15, 0.2) is 0 Å². The zero-order chi connectivity index (χ0) is 15.6. The van der Waals surface area contributed by atoms with Crippen LogP contribution >= 0.6 is 27.5 Å². The van der Waals surface area contributed by atoms with Crippen LogP contribution in [-0.4, -0.2) is 16.8 Å². The van der Waals surface area contributed by atoms with E-state index in [1.165, 1.54) is 5.69 Å². The van der Waals surface area contributed by atoms with Crippen molar-refractivity contribution in [2.45, 2.75) is 32.7 Å². The molecule has 114 valence electrons. The molecule has 0 aliphatic rings. The standard InChI is InChI=1S/C16H21BrClN3/c1-5-12-15(17)14(21(4)20-12)9-13(19-3)11-8-6-7-10(2)16(11)18/h6-8,13,19H,5,9H2,1-4H3. The van der Waals surface area contributed by atoms with Gasteiger partial charge < -0.3 is 5.32 Å². The molecule has 0 aliphatic carbocycles. The van der Waals surface area contributed by atoms with Gasteiger partial charge in [0.25, 0.3) is 0 Å². The number of nitrogens with one attached hydrogen (secondary N) is 1. The second-order valence-electron chi connectivity index (χ2n) is 5.21. The first-order valence-corrected chi connectivity index (χ1v) is 8.29. The van der Waals surface area contributed by atoms with Crippen LogP contribution in [0.4, 0.5) is 0 Å². The Kier molecular flexibility index (Phi) is 5.47.